The van der Waals surface area contributed by atoms with Crippen LogP contribution in [0.5, 0.6) is 0 Å². The van der Waals surface area contributed by atoms with Crippen LogP contribution in [0.1, 0.15) is 213 Å². The smallest absolute Gasteiger partial charge is 0.306 e. The van der Waals surface area contributed by atoms with Gasteiger partial charge in [-0.25, -0.2) is 0 Å². The summed E-state index contributed by atoms with van der Waals surface area (Å²) in [4.78, 5) is 37.3. The van der Waals surface area contributed by atoms with E-state index >= 15 is 0 Å². The maximum atomic E-state index is 12.5. The van der Waals surface area contributed by atoms with E-state index in [1.165, 1.54) is 51.4 Å². The molecule has 0 saturated heterocycles. The van der Waals surface area contributed by atoms with Gasteiger partial charge in [0, 0.05) is 19.3 Å². The summed E-state index contributed by atoms with van der Waals surface area (Å²) in [6.07, 6.45) is 64.5. The molecular formula is C55H90O6. The highest BCUT2D eigenvalue weighted by molar-refractivity contribution is 5.71. The molecule has 0 aliphatic carbocycles. The van der Waals surface area contributed by atoms with Crippen molar-refractivity contribution in [2.24, 2.45) is 0 Å². The Morgan fingerprint density at radius 1 is 0.344 bits per heavy atom. The fraction of sp³-hybridized carbons (Fsp3) is 0.655. The zero-order valence-electron chi connectivity index (χ0n) is 39.4. The van der Waals surface area contributed by atoms with E-state index in [2.05, 4.69) is 118 Å². The number of ether oxygens (including phenoxy) is 3. The highest BCUT2D eigenvalue weighted by Gasteiger charge is 2.19. The maximum Gasteiger partial charge on any atom is 0.306 e. The van der Waals surface area contributed by atoms with Crippen LogP contribution in [-0.4, -0.2) is 37.2 Å². The molecule has 0 amide bonds. The highest BCUT2D eigenvalue weighted by Crippen LogP contribution is 2.13. The molecule has 346 valence electrons. The van der Waals surface area contributed by atoms with Crippen LogP contribution in [0, 0.1) is 0 Å². The lowest BCUT2D eigenvalue weighted by Gasteiger charge is -2.18. The first-order valence-corrected chi connectivity index (χ1v) is 24.7. The largest absolute Gasteiger partial charge is 0.462 e. The number of carbonyl (C=O) groups is 3. The SMILES string of the molecule is CC/C=C\C/C=C\C/C=C\C/C=C\C/C=C\C/C=C\C/C=C\C/C=C\CCCCCCCCC(=O)OCC(COC(=O)CCCCCCCC)OC(=O)CCCCCCCC. The second-order valence-electron chi connectivity index (χ2n) is 16.0. The summed E-state index contributed by atoms with van der Waals surface area (Å²) < 4.78 is 16.5. The first-order chi connectivity index (χ1) is 30.0. The lowest BCUT2D eigenvalue weighted by atomic mass is 10.1. The zero-order valence-corrected chi connectivity index (χ0v) is 39.4. The van der Waals surface area contributed by atoms with Gasteiger partial charge >= 0.3 is 17.9 Å². The molecule has 0 radical (unpaired) electrons. The second kappa shape index (κ2) is 49.0. The molecule has 0 bridgehead atoms. The minimum atomic E-state index is -0.775. The molecule has 0 saturated carbocycles. The van der Waals surface area contributed by atoms with Crippen molar-refractivity contribution in [2.75, 3.05) is 13.2 Å². The Morgan fingerprint density at radius 3 is 1.00 bits per heavy atom. The standard InChI is InChI=1S/C55H90O6/c1-4-7-10-13-16-17-18-19-20-21-22-23-24-25-26-27-28-29-30-31-32-33-34-35-36-37-38-39-40-43-45-48-54(57)60-51-52(61-55(58)49-46-42-15-12-9-6-3)50-59-53(56)47-44-41-14-11-8-5-2/h7,10,16-17,19-20,22-23,25-26,28-29,31-32,34-35,52H,4-6,8-9,11-15,18,21,24,27,30,33,36-51H2,1-3H3/b10-7-,17-16-,20-19-,23-22-,26-25-,29-28-,32-31-,35-34-. The number of hydrogen-bond donors (Lipinski definition) is 0. The molecule has 1 unspecified atom stereocenters. The van der Waals surface area contributed by atoms with Crippen molar-refractivity contribution in [1.82, 2.24) is 0 Å². The van der Waals surface area contributed by atoms with Gasteiger partial charge in [-0.15, -0.1) is 0 Å². The predicted octanol–water partition coefficient (Wildman–Crippen LogP) is 16.2. The third kappa shape index (κ3) is 47.2. The van der Waals surface area contributed by atoms with Crippen molar-refractivity contribution in [2.45, 2.75) is 219 Å². The van der Waals surface area contributed by atoms with Gasteiger partial charge in [-0.05, 0) is 83.5 Å². The van der Waals surface area contributed by atoms with Crippen molar-refractivity contribution in [1.29, 1.82) is 0 Å². The quantitative estimate of drug-likeness (QED) is 0.0263. The summed E-state index contributed by atoms with van der Waals surface area (Å²) in [6.45, 7) is 6.36. The summed E-state index contributed by atoms with van der Waals surface area (Å²) >= 11 is 0. The normalized spacial score (nSPS) is 12.9. The number of rotatable bonds is 43. The number of allylic oxidation sites excluding steroid dienone is 16. The summed E-state index contributed by atoms with van der Waals surface area (Å²) in [7, 11) is 0. The average Bonchev–Trinajstić information content (AvgIpc) is 3.26. The minimum absolute atomic E-state index is 0.0822. The maximum absolute atomic E-state index is 12.5. The number of esters is 3. The van der Waals surface area contributed by atoms with E-state index in [9.17, 15) is 14.4 Å². The third-order valence-electron chi connectivity index (χ3n) is 10.1. The van der Waals surface area contributed by atoms with E-state index in [0.29, 0.717) is 19.3 Å². The lowest BCUT2D eigenvalue weighted by molar-refractivity contribution is -0.167. The number of unbranched alkanes of at least 4 members (excludes halogenated alkanes) is 16. The fourth-order valence-electron chi connectivity index (χ4n) is 6.40. The molecule has 6 nitrogen and oxygen atoms in total. The van der Waals surface area contributed by atoms with E-state index in [1.807, 2.05) is 0 Å². The van der Waals surface area contributed by atoms with Crippen LogP contribution < -0.4 is 0 Å². The Morgan fingerprint density at radius 2 is 0.639 bits per heavy atom. The summed E-state index contributed by atoms with van der Waals surface area (Å²) in [5.74, 6) is -0.925. The van der Waals surface area contributed by atoms with Gasteiger partial charge in [0.1, 0.15) is 13.2 Å². The molecule has 6 heteroatoms. The molecule has 0 fully saturated rings. The van der Waals surface area contributed by atoms with E-state index in [4.69, 9.17) is 14.2 Å². The highest BCUT2D eigenvalue weighted by atomic mass is 16.6. The van der Waals surface area contributed by atoms with E-state index in [0.717, 1.165) is 122 Å². The van der Waals surface area contributed by atoms with E-state index in [-0.39, 0.29) is 31.1 Å². The van der Waals surface area contributed by atoms with Crippen LogP contribution >= 0.6 is 0 Å². The molecule has 0 aliphatic rings. The molecule has 0 aromatic rings. The second-order valence-corrected chi connectivity index (χ2v) is 16.0. The molecular weight excluding hydrogens is 757 g/mol. The molecule has 0 spiro atoms. The van der Waals surface area contributed by atoms with Crippen LogP contribution in [0.2, 0.25) is 0 Å². The van der Waals surface area contributed by atoms with Crippen molar-refractivity contribution in [3.05, 3.63) is 97.2 Å². The van der Waals surface area contributed by atoms with Crippen molar-refractivity contribution in [3.63, 3.8) is 0 Å². The van der Waals surface area contributed by atoms with Crippen LogP contribution in [-0.2, 0) is 28.6 Å². The van der Waals surface area contributed by atoms with Crippen LogP contribution in [0.3, 0.4) is 0 Å². The van der Waals surface area contributed by atoms with Gasteiger partial charge in [0.15, 0.2) is 6.10 Å². The predicted molar refractivity (Wildman–Crippen MR) is 260 cm³/mol. The Bertz CT molecular complexity index is 1250. The van der Waals surface area contributed by atoms with Crippen molar-refractivity contribution in [3.8, 4) is 0 Å². The monoisotopic (exact) mass is 847 g/mol. The Labute approximate surface area is 375 Å². The van der Waals surface area contributed by atoms with Crippen LogP contribution in [0.15, 0.2) is 97.2 Å². The number of hydrogen-bond acceptors (Lipinski definition) is 6. The van der Waals surface area contributed by atoms with E-state index < -0.39 is 6.10 Å². The number of carbonyl (C=O) groups excluding carboxylic acids is 3. The van der Waals surface area contributed by atoms with Crippen molar-refractivity contribution < 1.29 is 28.6 Å². The molecule has 0 aliphatic heterocycles. The molecule has 0 N–H and O–H groups in total. The van der Waals surface area contributed by atoms with Gasteiger partial charge in [-0.2, -0.15) is 0 Å². The Balaban J connectivity index is 4.03. The van der Waals surface area contributed by atoms with Crippen LogP contribution in [0.25, 0.3) is 0 Å². The molecule has 61 heavy (non-hydrogen) atoms. The van der Waals surface area contributed by atoms with Gasteiger partial charge in [-0.3, -0.25) is 14.4 Å². The molecule has 0 aromatic heterocycles. The first-order valence-electron chi connectivity index (χ1n) is 24.7. The van der Waals surface area contributed by atoms with Crippen LogP contribution in [0.4, 0.5) is 0 Å². The fourth-order valence-corrected chi connectivity index (χ4v) is 6.40. The Hall–Kier alpha value is -3.67. The Kier molecular flexibility index (Phi) is 46.0. The lowest BCUT2D eigenvalue weighted by Crippen LogP contribution is -2.30. The first kappa shape index (κ1) is 57.3. The summed E-state index contributed by atoms with van der Waals surface area (Å²) in [5, 5.41) is 0. The van der Waals surface area contributed by atoms with Gasteiger partial charge in [0.2, 0.25) is 0 Å². The average molecular weight is 847 g/mol. The molecule has 0 aromatic carbocycles. The third-order valence-corrected chi connectivity index (χ3v) is 10.1. The summed E-state index contributed by atoms with van der Waals surface area (Å²) in [6, 6.07) is 0. The zero-order chi connectivity index (χ0) is 44.4. The molecule has 0 heterocycles. The molecule has 1 atom stereocenters. The van der Waals surface area contributed by atoms with Gasteiger partial charge in [0.05, 0.1) is 0 Å². The van der Waals surface area contributed by atoms with Crippen molar-refractivity contribution >= 4 is 17.9 Å². The van der Waals surface area contributed by atoms with Gasteiger partial charge in [-0.1, -0.05) is 208 Å². The molecule has 0 rings (SSSR count). The van der Waals surface area contributed by atoms with Gasteiger partial charge in [0.25, 0.3) is 0 Å². The van der Waals surface area contributed by atoms with E-state index in [1.54, 1.807) is 0 Å². The summed E-state index contributed by atoms with van der Waals surface area (Å²) in [5.41, 5.74) is 0. The van der Waals surface area contributed by atoms with Gasteiger partial charge < -0.3 is 14.2 Å². The minimum Gasteiger partial charge on any atom is -0.462 e. The topological polar surface area (TPSA) is 78.9 Å².